The Hall–Kier alpha value is -1.76. The maximum atomic E-state index is 5.47. The molecule has 0 saturated heterocycles. The third kappa shape index (κ3) is 3.43. The van der Waals surface area contributed by atoms with Crippen LogP contribution in [0.2, 0.25) is 0 Å². The van der Waals surface area contributed by atoms with Crippen LogP contribution in [0.3, 0.4) is 0 Å². The SMILES string of the molecule is CC#CCCNc1nccc(N)n1. The molecule has 0 aliphatic carbocycles. The fraction of sp³-hybridized carbons (Fsp3) is 0.333. The number of hydrogen-bond acceptors (Lipinski definition) is 4. The highest BCUT2D eigenvalue weighted by Crippen LogP contribution is 2.00. The predicted molar refractivity (Wildman–Crippen MR) is 53.0 cm³/mol. The molecule has 0 aliphatic heterocycles. The summed E-state index contributed by atoms with van der Waals surface area (Å²) in [4.78, 5) is 7.96. The first-order chi connectivity index (χ1) is 6.33. The Morgan fingerprint density at radius 1 is 1.62 bits per heavy atom. The van der Waals surface area contributed by atoms with Gasteiger partial charge in [0.25, 0.3) is 0 Å². The van der Waals surface area contributed by atoms with Gasteiger partial charge in [0.1, 0.15) is 5.82 Å². The third-order valence-corrected chi connectivity index (χ3v) is 1.39. The minimum absolute atomic E-state index is 0.471. The lowest BCUT2D eigenvalue weighted by molar-refractivity contribution is 1.03. The molecular weight excluding hydrogens is 164 g/mol. The summed E-state index contributed by atoms with van der Waals surface area (Å²) >= 11 is 0. The van der Waals surface area contributed by atoms with Crippen molar-refractivity contribution < 1.29 is 0 Å². The number of nitrogens with two attached hydrogens (primary N) is 1. The molecule has 0 aliphatic rings. The van der Waals surface area contributed by atoms with Crippen molar-refractivity contribution in [3.05, 3.63) is 12.3 Å². The Morgan fingerprint density at radius 3 is 3.15 bits per heavy atom. The molecule has 0 fully saturated rings. The van der Waals surface area contributed by atoms with Gasteiger partial charge in [-0.2, -0.15) is 4.98 Å². The molecule has 0 bridgehead atoms. The predicted octanol–water partition coefficient (Wildman–Crippen LogP) is 0.884. The molecule has 13 heavy (non-hydrogen) atoms. The molecule has 1 aromatic heterocycles. The summed E-state index contributed by atoms with van der Waals surface area (Å²) in [7, 11) is 0. The van der Waals surface area contributed by atoms with E-state index in [1.54, 1.807) is 12.3 Å². The van der Waals surface area contributed by atoms with Crippen molar-refractivity contribution in [2.75, 3.05) is 17.6 Å². The summed E-state index contributed by atoms with van der Waals surface area (Å²) in [5, 5.41) is 3.02. The van der Waals surface area contributed by atoms with Crippen LogP contribution in [0, 0.1) is 11.8 Å². The molecule has 1 rings (SSSR count). The van der Waals surface area contributed by atoms with Gasteiger partial charge in [-0.05, 0) is 13.0 Å². The van der Waals surface area contributed by atoms with Crippen LogP contribution in [0.25, 0.3) is 0 Å². The lowest BCUT2D eigenvalue weighted by Gasteiger charge is -2.01. The fourth-order valence-corrected chi connectivity index (χ4v) is 0.820. The molecular formula is C9H12N4. The van der Waals surface area contributed by atoms with E-state index < -0.39 is 0 Å². The van der Waals surface area contributed by atoms with Gasteiger partial charge in [0.15, 0.2) is 0 Å². The summed E-state index contributed by atoms with van der Waals surface area (Å²) in [6.07, 6.45) is 2.41. The van der Waals surface area contributed by atoms with Gasteiger partial charge >= 0.3 is 0 Å². The van der Waals surface area contributed by atoms with E-state index >= 15 is 0 Å². The van der Waals surface area contributed by atoms with E-state index in [1.165, 1.54) is 0 Å². The van der Waals surface area contributed by atoms with Crippen LogP contribution in [-0.4, -0.2) is 16.5 Å². The normalized spacial score (nSPS) is 8.69. The molecule has 1 heterocycles. The lowest BCUT2D eigenvalue weighted by atomic mass is 10.4. The maximum absolute atomic E-state index is 5.47. The van der Waals surface area contributed by atoms with Gasteiger partial charge in [-0.25, -0.2) is 4.98 Å². The smallest absolute Gasteiger partial charge is 0.224 e. The minimum atomic E-state index is 0.471. The van der Waals surface area contributed by atoms with Crippen molar-refractivity contribution in [1.82, 2.24) is 9.97 Å². The van der Waals surface area contributed by atoms with Crippen molar-refractivity contribution in [3.63, 3.8) is 0 Å². The first-order valence-corrected chi connectivity index (χ1v) is 4.05. The molecule has 4 heteroatoms. The van der Waals surface area contributed by atoms with E-state index in [-0.39, 0.29) is 0 Å². The van der Waals surface area contributed by atoms with Crippen LogP contribution in [-0.2, 0) is 0 Å². The summed E-state index contributed by atoms with van der Waals surface area (Å²) in [6, 6.07) is 1.65. The Morgan fingerprint density at radius 2 is 2.46 bits per heavy atom. The number of nitrogens with zero attached hydrogens (tertiary/aromatic N) is 2. The van der Waals surface area contributed by atoms with Gasteiger partial charge in [0.2, 0.25) is 5.95 Å². The van der Waals surface area contributed by atoms with Gasteiger partial charge < -0.3 is 11.1 Å². The van der Waals surface area contributed by atoms with Gasteiger partial charge in [-0.15, -0.1) is 11.8 Å². The molecule has 4 nitrogen and oxygen atoms in total. The van der Waals surface area contributed by atoms with Crippen LogP contribution in [0.4, 0.5) is 11.8 Å². The standard InChI is InChI=1S/C9H12N4/c1-2-3-4-6-11-9-12-7-5-8(10)13-9/h5,7H,4,6H2,1H3,(H3,10,11,12,13). The highest BCUT2D eigenvalue weighted by atomic mass is 15.1. The average Bonchev–Trinajstić information content (AvgIpc) is 2.13. The largest absolute Gasteiger partial charge is 0.384 e. The molecule has 0 radical (unpaired) electrons. The molecule has 3 N–H and O–H groups in total. The number of aromatic nitrogens is 2. The zero-order valence-electron chi connectivity index (χ0n) is 7.54. The Balaban J connectivity index is 2.39. The fourth-order valence-electron chi connectivity index (χ4n) is 0.820. The first-order valence-electron chi connectivity index (χ1n) is 4.05. The van der Waals surface area contributed by atoms with Crippen LogP contribution < -0.4 is 11.1 Å². The van der Waals surface area contributed by atoms with Crippen molar-refractivity contribution in [3.8, 4) is 11.8 Å². The molecule has 0 spiro atoms. The van der Waals surface area contributed by atoms with Crippen molar-refractivity contribution in [2.24, 2.45) is 0 Å². The molecule has 0 unspecified atom stereocenters. The number of nitrogen functional groups attached to an aromatic ring is 1. The summed E-state index contributed by atoms with van der Waals surface area (Å²) < 4.78 is 0. The first kappa shape index (κ1) is 9.33. The van der Waals surface area contributed by atoms with E-state index in [9.17, 15) is 0 Å². The Labute approximate surface area is 77.6 Å². The molecule has 0 amide bonds. The summed E-state index contributed by atoms with van der Waals surface area (Å²) in [5.41, 5.74) is 5.47. The van der Waals surface area contributed by atoms with Crippen molar-refractivity contribution >= 4 is 11.8 Å². The monoisotopic (exact) mass is 176 g/mol. The number of anilines is 2. The lowest BCUT2D eigenvalue weighted by Crippen LogP contribution is -2.05. The van der Waals surface area contributed by atoms with E-state index in [2.05, 4.69) is 27.1 Å². The number of hydrogen-bond donors (Lipinski definition) is 2. The summed E-state index contributed by atoms with van der Waals surface area (Å²) in [6.45, 7) is 2.56. The van der Waals surface area contributed by atoms with E-state index in [0.29, 0.717) is 11.8 Å². The molecule has 0 atom stereocenters. The number of nitrogens with one attached hydrogen (secondary N) is 1. The van der Waals surface area contributed by atoms with Gasteiger partial charge in [0, 0.05) is 19.2 Å². The highest BCUT2D eigenvalue weighted by Gasteiger charge is 1.93. The number of rotatable bonds is 3. The molecule has 68 valence electrons. The average molecular weight is 176 g/mol. The summed E-state index contributed by atoms with van der Waals surface area (Å²) in [5.74, 6) is 6.77. The maximum Gasteiger partial charge on any atom is 0.224 e. The molecule has 0 saturated carbocycles. The highest BCUT2D eigenvalue weighted by molar-refractivity contribution is 5.34. The van der Waals surface area contributed by atoms with E-state index in [0.717, 1.165) is 13.0 Å². The minimum Gasteiger partial charge on any atom is -0.384 e. The van der Waals surface area contributed by atoms with Crippen molar-refractivity contribution in [2.45, 2.75) is 13.3 Å². The zero-order valence-corrected chi connectivity index (χ0v) is 7.54. The van der Waals surface area contributed by atoms with Crippen LogP contribution >= 0.6 is 0 Å². The second-order valence-corrected chi connectivity index (χ2v) is 2.41. The molecule has 0 aromatic carbocycles. The zero-order chi connectivity index (χ0) is 9.52. The van der Waals surface area contributed by atoms with E-state index in [1.807, 2.05) is 6.92 Å². The second-order valence-electron chi connectivity index (χ2n) is 2.41. The Bertz CT molecular complexity index is 324. The third-order valence-electron chi connectivity index (χ3n) is 1.39. The quantitative estimate of drug-likeness (QED) is 0.530. The Kier molecular flexibility index (Phi) is 3.58. The van der Waals surface area contributed by atoms with Crippen LogP contribution in [0.1, 0.15) is 13.3 Å². The van der Waals surface area contributed by atoms with Gasteiger partial charge in [0.05, 0.1) is 0 Å². The van der Waals surface area contributed by atoms with Crippen LogP contribution in [0.5, 0.6) is 0 Å². The van der Waals surface area contributed by atoms with Crippen LogP contribution in [0.15, 0.2) is 12.3 Å². The second kappa shape index (κ2) is 4.99. The van der Waals surface area contributed by atoms with E-state index in [4.69, 9.17) is 5.73 Å². The van der Waals surface area contributed by atoms with Gasteiger partial charge in [-0.3, -0.25) is 0 Å². The molecule has 1 aromatic rings. The topological polar surface area (TPSA) is 63.8 Å². The van der Waals surface area contributed by atoms with Gasteiger partial charge in [-0.1, -0.05) is 0 Å². The van der Waals surface area contributed by atoms with Crippen molar-refractivity contribution in [1.29, 1.82) is 0 Å².